The van der Waals surface area contributed by atoms with Gasteiger partial charge in [-0.15, -0.1) is 0 Å². The number of carbonyl (C=O) groups excluding carboxylic acids is 4. The predicted molar refractivity (Wildman–Crippen MR) is 123 cm³/mol. The maximum absolute atomic E-state index is 11.8. The number of carbonyl (C=O) groups is 4. The van der Waals surface area contributed by atoms with Crippen LogP contribution in [0.5, 0.6) is 0 Å². The van der Waals surface area contributed by atoms with Gasteiger partial charge in [0.2, 0.25) is 0 Å². The second-order valence-electron chi connectivity index (χ2n) is 10.2. The zero-order valence-electron chi connectivity index (χ0n) is 22.5. The van der Waals surface area contributed by atoms with Crippen LogP contribution in [0.25, 0.3) is 0 Å². The minimum Gasteiger partial charge on any atom is -0.548 e. The van der Waals surface area contributed by atoms with Crippen molar-refractivity contribution in [1.82, 2.24) is 19.6 Å². The van der Waals surface area contributed by atoms with Crippen LogP contribution in [0, 0.1) is 0 Å². The molecule has 0 bridgehead atoms. The van der Waals surface area contributed by atoms with E-state index >= 15 is 0 Å². The number of hydrogen-bond donors (Lipinski definition) is 0. The lowest BCUT2D eigenvalue weighted by atomic mass is 10.0. The van der Waals surface area contributed by atoms with Crippen LogP contribution < -0.4 is 20.4 Å². The van der Waals surface area contributed by atoms with Crippen LogP contribution in [0.1, 0.15) is 55.4 Å². The van der Waals surface area contributed by atoms with E-state index in [4.69, 9.17) is 0 Å². The highest BCUT2D eigenvalue weighted by Crippen LogP contribution is 2.21. The van der Waals surface area contributed by atoms with Crippen molar-refractivity contribution in [2.75, 3.05) is 26.2 Å². The van der Waals surface area contributed by atoms with E-state index in [-0.39, 0.29) is 26.2 Å². The van der Waals surface area contributed by atoms with Crippen molar-refractivity contribution in [2.45, 2.75) is 104 Å². The fourth-order valence-corrected chi connectivity index (χ4v) is 5.06. The fourth-order valence-electron chi connectivity index (χ4n) is 5.06. The molecular weight excluding hydrogens is 472 g/mol. The molecule has 0 aromatic rings. The van der Waals surface area contributed by atoms with E-state index in [1.54, 1.807) is 47.3 Å². The molecule has 208 valence electrons. The van der Waals surface area contributed by atoms with Crippen LogP contribution in [0.4, 0.5) is 0 Å². The van der Waals surface area contributed by atoms with E-state index in [0.717, 1.165) is 0 Å². The summed E-state index contributed by atoms with van der Waals surface area (Å²) in [5.41, 5.74) is 0. The van der Waals surface area contributed by atoms with Gasteiger partial charge in [-0.2, -0.15) is 0 Å². The Morgan fingerprint density at radius 3 is 0.722 bits per heavy atom. The molecule has 1 heterocycles. The molecule has 0 aromatic heterocycles. The van der Waals surface area contributed by atoms with Crippen LogP contribution >= 0.6 is 0 Å². The van der Waals surface area contributed by atoms with Crippen molar-refractivity contribution in [3.8, 4) is 0 Å². The molecule has 1 aliphatic heterocycles. The van der Waals surface area contributed by atoms with E-state index < -0.39 is 72.2 Å². The summed E-state index contributed by atoms with van der Waals surface area (Å²) < 4.78 is 0. The van der Waals surface area contributed by atoms with Crippen LogP contribution in [-0.2, 0) is 19.2 Å². The largest absolute Gasteiger partial charge is 0.548 e. The molecule has 0 saturated carbocycles. The van der Waals surface area contributed by atoms with Crippen molar-refractivity contribution in [1.29, 1.82) is 0 Å². The standard InChI is InChI=1S/C24H44N4O8/c1-13-9-26(18(6)22(31)32)15(3)11-28(20(8)24(35)36)16(4)12-27(19(7)23(33)34)14(2)10-25(13)17(5)21(29)30/h13-20H,9-12H2,1-8H3,(H,29,30)(H,31,32)(H,33,34)(H,35,36)/p-4/t13-,14-,15-,16-,17+,18+,19+,20+/m0/s1. The van der Waals surface area contributed by atoms with E-state index in [0.29, 0.717) is 0 Å². The third-order valence-corrected chi connectivity index (χ3v) is 7.52. The van der Waals surface area contributed by atoms with E-state index in [1.807, 2.05) is 0 Å². The Morgan fingerprint density at radius 1 is 0.472 bits per heavy atom. The summed E-state index contributed by atoms with van der Waals surface area (Å²) in [6.45, 7) is 13.5. The highest BCUT2D eigenvalue weighted by atomic mass is 16.4. The molecule has 8 atom stereocenters. The summed E-state index contributed by atoms with van der Waals surface area (Å²) in [6.07, 6.45) is 0. The molecule has 0 amide bonds. The molecule has 0 spiro atoms. The molecule has 12 heteroatoms. The molecule has 0 aromatic carbocycles. The molecular formula is C24H40N4O8-4. The molecule has 12 nitrogen and oxygen atoms in total. The second-order valence-corrected chi connectivity index (χ2v) is 10.2. The van der Waals surface area contributed by atoms with Crippen LogP contribution in [0.2, 0.25) is 0 Å². The van der Waals surface area contributed by atoms with E-state index in [2.05, 4.69) is 0 Å². The smallest absolute Gasteiger partial charge is 0.0583 e. The van der Waals surface area contributed by atoms with Gasteiger partial charge in [-0.1, -0.05) is 0 Å². The number of hydrogen-bond acceptors (Lipinski definition) is 12. The molecule has 1 rings (SSSR count). The third kappa shape index (κ3) is 7.86. The Hall–Kier alpha value is -2.28. The van der Waals surface area contributed by atoms with Gasteiger partial charge in [-0.3, -0.25) is 19.6 Å². The Bertz CT molecular complexity index is 668. The fraction of sp³-hybridized carbons (Fsp3) is 0.833. The predicted octanol–water partition coefficient (Wildman–Crippen LogP) is -4.68. The SMILES string of the molecule is C[C@H](C(=O)[O-])N1C[C@H](C)N([C@H](C)C(=O)[O-])C[C@H](C)N([C@H](C)C(=O)[O-])C[C@H](C)N([C@H](C)C(=O)[O-])C[C@@H]1C. The van der Waals surface area contributed by atoms with Crippen molar-refractivity contribution in [2.24, 2.45) is 0 Å². The van der Waals surface area contributed by atoms with Gasteiger partial charge >= 0.3 is 0 Å². The first-order valence-electron chi connectivity index (χ1n) is 12.4. The van der Waals surface area contributed by atoms with Gasteiger partial charge in [0, 0.05) is 74.5 Å². The molecule has 1 aliphatic rings. The minimum absolute atomic E-state index is 0.138. The summed E-state index contributed by atoms with van der Waals surface area (Å²) in [5, 5.41) is 47.3. The molecule has 1 saturated heterocycles. The second kappa shape index (κ2) is 13.3. The maximum Gasteiger partial charge on any atom is 0.0583 e. The highest BCUT2D eigenvalue weighted by molar-refractivity contribution is 5.72. The van der Waals surface area contributed by atoms with Gasteiger partial charge in [0.05, 0.1) is 23.9 Å². The average Bonchev–Trinajstić information content (AvgIpc) is 2.79. The van der Waals surface area contributed by atoms with Gasteiger partial charge in [-0.25, -0.2) is 0 Å². The Balaban J connectivity index is 3.64. The summed E-state index contributed by atoms with van der Waals surface area (Å²) in [5.74, 6) is -5.24. The number of rotatable bonds is 8. The van der Waals surface area contributed by atoms with Gasteiger partial charge in [-0.05, 0) is 55.4 Å². The maximum atomic E-state index is 11.8. The first-order valence-corrected chi connectivity index (χ1v) is 12.4. The molecule has 0 unspecified atom stereocenters. The zero-order valence-corrected chi connectivity index (χ0v) is 22.5. The summed E-state index contributed by atoms with van der Waals surface area (Å²) in [6, 6.07) is -6.05. The average molecular weight is 513 g/mol. The van der Waals surface area contributed by atoms with Crippen LogP contribution in [0.15, 0.2) is 0 Å². The lowest BCUT2D eigenvalue weighted by Gasteiger charge is -2.48. The van der Waals surface area contributed by atoms with Crippen molar-refractivity contribution < 1.29 is 39.6 Å². The van der Waals surface area contributed by atoms with Gasteiger partial charge < -0.3 is 39.6 Å². The summed E-state index contributed by atoms with van der Waals surface area (Å²) in [4.78, 5) is 53.9. The van der Waals surface area contributed by atoms with Crippen LogP contribution in [0.3, 0.4) is 0 Å². The van der Waals surface area contributed by atoms with Crippen LogP contribution in [-0.4, -0.2) is 118 Å². The normalized spacial score (nSPS) is 29.8. The quantitative estimate of drug-likeness (QED) is 0.304. The topological polar surface area (TPSA) is 173 Å². The molecule has 0 N–H and O–H groups in total. The van der Waals surface area contributed by atoms with Gasteiger partial charge in [0.15, 0.2) is 0 Å². The lowest BCUT2D eigenvalue weighted by Crippen LogP contribution is -2.64. The Labute approximate surface area is 213 Å². The first kappa shape index (κ1) is 31.7. The first-order chi connectivity index (χ1) is 16.5. The molecule has 1 fully saturated rings. The van der Waals surface area contributed by atoms with Crippen molar-refractivity contribution >= 4 is 23.9 Å². The number of carboxylic acids is 4. The summed E-state index contributed by atoms with van der Waals surface area (Å²) >= 11 is 0. The molecule has 0 aliphatic carbocycles. The minimum atomic E-state index is -1.31. The monoisotopic (exact) mass is 512 g/mol. The van der Waals surface area contributed by atoms with Crippen molar-refractivity contribution in [3.05, 3.63) is 0 Å². The molecule has 36 heavy (non-hydrogen) atoms. The van der Waals surface area contributed by atoms with E-state index in [9.17, 15) is 39.6 Å². The van der Waals surface area contributed by atoms with Crippen molar-refractivity contribution in [3.63, 3.8) is 0 Å². The number of aliphatic carboxylic acids is 4. The number of nitrogens with zero attached hydrogens (tertiary/aromatic N) is 4. The molecule has 0 radical (unpaired) electrons. The Kier molecular flexibility index (Phi) is 11.7. The lowest BCUT2D eigenvalue weighted by molar-refractivity contribution is -0.316. The van der Waals surface area contributed by atoms with E-state index in [1.165, 1.54) is 27.7 Å². The zero-order chi connectivity index (χ0) is 28.1. The Morgan fingerprint density at radius 2 is 0.611 bits per heavy atom. The highest BCUT2D eigenvalue weighted by Gasteiger charge is 2.35. The van der Waals surface area contributed by atoms with Gasteiger partial charge in [0.25, 0.3) is 0 Å². The number of carboxylic acid groups (broad SMARTS) is 4. The summed E-state index contributed by atoms with van der Waals surface area (Å²) in [7, 11) is 0. The van der Waals surface area contributed by atoms with Gasteiger partial charge in [0.1, 0.15) is 0 Å². The third-order valence-electron chi connectivity index (χ3n) is 7.52.